The molecule has 0 spiro atoms. The van der Waals surface area contributed by atoms with Crippen LogP contribution < -0.4 is 15.4 Å². The molecular weight excluding hydrogens is 811 g/mol. The third-order valence-corrected chi connectivity index (χ3v) is 14.7. The van der Waals surface area contributed by atoms with Crippen LogP contribution in [0.15, 0.2) is 0 Å². The van der Waals surface area contributed by atoms with Crippen LogP contribution in [0.5, 0.6) is 0 Å². The Morgan fingerprint density at radius 2 is 1.00 bits per heavy atom. The van der Waals surface area contributed by atoms with Gasteiger partial charge >= 0.3 is 10.2 Å². The van der Waals surface area contributed by atoms with Crippen LogP contribution >= 0.6 is 0 Å². The molecule has 8 unspecified atom stereocenters. The second-order valence-electron chi connectivity index (χ2n) is 24.5. The molecule has 5 aliphatic heterocycles. The van der Waals surface area contributed by atoms with E-state index in [0.29, 0.717) is 38.0 Å². The Balaban J connectivity index is 0.000000390. The van der Waals surface area contributed by atoms with E-state index in [1.165, 1.54) is 4.31 Å². The number of piperidine rings is 4. The fourth-order valence-corrected chi connectivity index (χ4v) is 10.7. The second-order valence-corrected chi connectivity index (χ2v) is 26.2. The molecule has 0 aromatic heterocycles. The van der Waals surface area contributed by atoms with E-state index in [-0.39, 0.29) is 57.5 Å². The van der Waals surface area contributed by atoms with E-state index in [4.69, 9.17) is 0 Å². The topological polar surface area (TPSA) is 137 Å². The van der Waals surface area contributed by atoms with E-state index >= 15 is 0 Å². The molecule has 11 nitrogen and oxygen atoms in total. The minimum Gasteiger partial charge on any atom is -0.391 e. The molecule has 5 fully saturated rings. The Labute approximate surface area is 380 Å². The Morgan fingerprint density at radius 3 is 1.37 bits per heavy atom. The molecule has 8 atom stereocenters. The molecule has 5 heterocycles. The zero-order valence-electron chi connectivity index (χ0n) is 42.8. The zero-order chi connectivity index (χ0) is 48.1. The summed E-state index contributed by atoms with van der Waals surface area (Å²) in [6, 6.07) is 0. The monoisotopic (exact) mass is 909 g/mol. The number of likely N-dealkylation sites (N-methyl/N-ethyl adjacent to an activating group) is 1. The number of hydrogen-bond acceptors (Lipinski definition) is 9. The average molecular weight is 909 g/mol. The number of hydrogen-bond donors (Lipinski definition) is 5. The van der Waals surface area contributed by atoms with Crippen molar-refractivity contribution in [2.45, 2.75) is 173 Å². The van der Waals surface area contributed by atoms with Crippen molar-refractivity contribution in [3.05, 3.63) is 0 Å². The SMILES string of the molecule is CC(C)(C)C1CCNCC1F.CC(C)(C)C1CCNCC1O.CC(C)(C)CC(=O)NS(=O)(=O)N1CCCC1.CN1CCC(C(C)(C)C)C(F)C1.CN1CCC(C(C)(C)C)C(O)C1. The number of β-amino-alcohol motifs (C(OH)–C–C–N with tert-alkyl or cyclic N) is 2. The number of halogens is 2. The lowest BCUT2D eigenvalue weighted by Crippen LogP contribution is -2.46. The van der Waals surface area contributed by atoms with Crippen LogP contribution in [0.25, 0.3) is 0 Å². The lowest BCUT2D eigenvalue weighted by molar-refractivity contribution is -0.121. The van der Waals surface area contributed by atoms with Gasteiger partial charge in [-0.15, -0.1) is 0 Å². The summed E-state index contributed by atoms with van der Waals surface area (Å²) in [4.78, 5) is 15.8. The smallest absolute Gasteiger partial charge is 0.303 e. The molecule has 0 aliphatic carbocycles. The van der Waals surface area contributed by atoms with Gasteiger partial charge in [-0.3, -0.25) is 4.79 Å². The van der Waals surface area contributed by atoms with Crippen LogP contribution in [-0.2, 0) is 15.0 Å². The molecule has 0 aromatic rings. The second kappa shape index (κ2) is 25.2. The van der Waals surface area contributed by atoms with Crippen LogP contribution in [0.2, 0.25) is 0 Å². The van der Waals surface area contributed by atoms with Crippen LogP contribution in [0.4, 0.5) is 8.78 Å². The van der Waals surface area contributed by atoms with Gasteiger partial charge in [-0.25, -0.2) is 13.5 Å². The number of nitrogens with zero attached hydrogens (tertiary/aromatic N) is 3. The van der Waals surface area contributed by atoms with Crippen LogP contribution in [-0.4, -0.2) is 143 Å². The van der Waals surface area contributed by atoms with E-state index in [1.807, 2.05) is 27.8 Å². The number of carbonyl (C=O) groups is 1. The number of carbonyl (C=O) groups excluding carboxylic acids is 1. The molecule has 0 bridgehead atoms. The zero-order valence-corrected chi connectivity index (χ0v) is 43.6. The van der Waals surface area contributed by atoms with Gasteiger partial charge in [0.1, 0.15) is 12.3 Å². The van der Waals surface area contributed by atoms with Gasteiger partial charge in [-0.05, 0) is 130 Å². The maximum atomic E-state index is 13.6. The normalized spacial score (nSPS) is 29.9. The Hall–Kier alpha value is -1.00. The molecule has 5 saturated heterocycles. The van der Waals surface area contributed by atoms with Gasteiger partial charge in [0.2, 0.25) is 5.91 Å². The number of amides is 1. The van der Waals surface area contributed by atoms with Crippen molar-refractivity contribution in [2.24, 2.45) is 50.7 Å². The summed E-state index contributed by atoms with van der Waals surface area (Å²) in [7, 11) is 0.465. The summed E-state index contributed by atoms with van der Waals surface area (Å²) < 4.78 is 53.7. The largest absolute Gasteiger partial charge is 0.391 e. The highest BCUT2D eigenvalue weighted by atomic mass is 32.2. The van der Waals surface area contributed by atoms with Crippen molar-refractivity contribution in [1.82, 2.24) is 29.5 Å². The molecule has 5 rings (SSSR count). The minimum absolute atomic E-state index is 0.126. The molecular formula is C48H98F2N6O5S. The van der Waals surface area contributed by atoms with Crippen molar-refractivity contribution in [3.63, 3.8) is 0 Å². The first kappa shape index (κ1) is 59.0. The van der Waals surface area contributed by atoms with E-state index in [0.717, 1.165) is 77.8 Å². The molecule has 0 radical (unpaired) electrons. The number of aliphatic hydroxyl groups is 2. The summed E-state index contributed by atoms with van der Waals surface area (Å²) in [6.45, 7) is 39.7. The van der Waals surface area contributed by atoms with E-state index < -0.39 is 28.5 Å². The number of rotatable bonds is 3. The fourth-order valence-electron chi connectivity index (χ4n) is 9.44. The number of alkyl halides is 2. The average Bonchev–Trinajstić information content (AvgIpc) is 3.63. The Bertz CT molecular complexity index is 1310. The molecule has 62 heavy (non-hydrogen) atoms. The highest BCUT2D eigenvalue weighted by Crippen LogP contribution is 2.37. The summed E-state index contributed by atoms with van der Waals surface area (Å²) >= 11 is 0. The van der Waals surface area contributed by atoms with Crippen molar-refractivity contribution in [3.8, 4) is 0 Å². The highest BCUT2D eigenvalue weighted by molar-refractivity contribution is 7.87. The van der Waals surface area contributed by atoms with Crippen molar-refractivity contribution in [2.75, 3.05) is 79.5 Å². The highest BCUT2D eigenvalue weighted by Gasteiger charge is 2.37. The van der Waals surface area contributed by atoms with Gasteiger partial charge in [0.25, 0.3) is 0 Å². The molecule has 370 valence electrons. The van der Waals surface area contributed by atoms with E-state index in [2.05, 4.69) is 115 Å². The van der Waals surface area contributed by atoms with Crippen LogP contribution in [0, 0.1) is 50.7 Å². The molecule has 14 heteroatoms. The molecule has 0 aromatic carbocycles. The van der Waals surface area contributed by atoms with E-state index in [9.17, 15) is 32.2 Å². The summed E-state index contributed by atoms with van der Waals surface area (Å²) in [6.07, 6.45) is 4.58. The predicted molar refractivity (Wildman–Crippen MR) is 255 cm³/mol. The number of nitrogens with one attached hydrogen (secondary N) is 3. The summed E-state index contributed by atoms with van der Waals surface area (Å²) in [5.41, 5.74) is 0.551. The standard InChI is InChI=1S/C10H20FN.C10H20N2O3S.C10H21NO.C9H18FN.C9H19NO/c1-10(2,3)8-5-6-12(4)7-9(8)11;1-10(2,3)8-9(13)11-16(14,15)12-6-4-5-7-12;1-10(2,3)8-5-6-11(4)7-9(8)12;1-9(2,3)7-4-5-11-6-8(7)10;1-9(2,3)7-4-5-10-6-8(7)11/h8-9H,5-7H2,1-4H3;4-8H2,1-3H3,(H,11,13);8-9,12H,5-7H2,1-4H3;7-8,11H,4-6H2,1-3H3;7-8,10-11H,4-6H2,1-3H3. The number of likely N-dealkylation sites (tertiary alicyclic amines) is 2. The van der Waals surface area contributed by atoms with Gasteiger partial charge in [0.15, 0.2) is 0 Å². The van der Waals surface area contributed by atoms with Gasteiger partial charge < -0.3 is 30.6 Å². The van der Waals surface area contributed by atoms with Crippen molar-refractivity contribution >= 4 is 16.1 Å². The molecule has 5 N–H and O–H groups in total. The third-order valence-electron chi connectivity index (χ3n) is 13.2. The summed E-state index contributed by atoms with van der Waals surface area (Å²) in [5, 5.41) is 25.7. The molecule has 0 saturated carbocycles. The first-order valence-corrected chi connectivity index (χ1v) is 25.2. The Kier molecular flexibility index (Phi) is 24.0. The van der Waals surface area contributed by atoms with Gasteiger partial charge in [-0.2, -0.15) is 12.7 Å². The predicted octanol–water partition coefficient (Wildman–Crippen LogP) is 7.53. The number of aliphatic hydroxyl groups excluding tert-OH is 2. The van der Waals surface area contributed by atoms with Crippen LogP contribution in [0.3, 0.4) is 0 Å². The van der Waals surface area contributed by atoms with Gasteiger partial charge in [-0.1, -0.05) is 104 Å². The fraction of sp³-hybridized carbons (Fsp3) is 0.979. The first-order valence-electron chi connectivity index (χ1n) is 23.8. The van der Waals surface area contributed by atoms with Crippen LogP contribution in [0.1, 0.15) is 149 Å². The van der Waals surface area contributed by atoms with Crippen molar-refractivity contribution < 1.29 is 32.2 Å². The van der Waals surface area contributed by atoms with Crippen molar-refractivity contribution in [1.29, 1.82) is 0 Å². The maximum Gasteiger partial charge on any atom is 0.303 e. The molecule has 5 aliphatic rings. The lowest BCUT2D eigenvalue weighted by atomic mass is 9.74. The van der Waals surface area contributed by atoms with Gasteiger partial charge in [0.05, 0.1) is 12.2 Å². The summed E-state index contributed by atoms with van der Waals surface area (Å²) in [5.74, 6) is 0.981. The minimum atomic E-state index is -3.60. The van der Waals surface area contributed by atoms with E-state index in [1.54, 1.807) is 0 Å². The first-order chi connectivity index (χ1) is 28.1. The maximum absolute atomic E-state index is 13.6. The quantitative estimate of drug-likeness (QED) is 0.195. The Morgan fingerprint density at radius 1 is 0.597 bits per heavy atom. The molecule has 1 amide bonds. The third kappa shape index (κ3) is 22.5. The van der Waals surface area contributed by atoms with Gasteiger partial charge in [0, 0.05) is 45.7 Å². The lowest BCUT2D eigenvalue weighted by Gasteiger charge is -2.41.